The van der Waals surface area contributed by atoms with Crippen LogP contribution in [0.3, 0.4) is 0 Å². The average Bonchev–Trinajstić information content (AvgIpc) is 3.12. The minimum absolute atomic E-state index is 0.494. The molecular weight excluding hydrogens is 342 g/mol. The molecule has 0 saturated heterocycles. The van der Waals surface area contributed by atoms with Crippen molar-refractivity contribution < 1.29 is 0 Å². The van der Waals surface area contributed by atoms with E-state index in [2.05, 4.69) is 65.5 Å². The highest BCUT2D eigenvalue weighted by Gasteiger charge is 2.56. The Morgan fingerprint density at radius 2 is 2.14 bits per heavy atom. The van der Waals surface area contributed by atoms with E-state index in [0.717, 1.165) is 17.8 Å². The first-order chi connectivity index (χ1) is 10.2. The van der Waals surface area contributed by atoms with Crippen LogP contribution < -0.4 is 5.32 Å². The van der Waals surface area contributed by atoms with Crippen molar-refractivity contribution >= 4 is 27.3 Å². The first-order valence-electron chi connectivity index (χ1n) is 7.71. The average molecular weight is 362 g/mol. The van der Waals surface area contributed by atoms with E-state index >= 15 is 0 Å². The molecule has 3 heteroatoms. The molecule has 1 aromatic carbocycles. The van der Waals surface area contributed by atoms with Crippen molar-refractivity contribution in [1.29, 1.82) is 0 Å². The molecule has 1 fully saturated rings. The van der Waals surface area contributed by atoms with E-state index < -0.39 is 0 Å². The molecule has 1 saturated carbocycles. The normalized spacial score (nSPS) is 27.9. The van der Waals surface area contributed by atoms with Gasteiger partial charge in [0.1, 0.15) is 0 Å². The third kappa shape index (κ3) is 2.21. The van der Waals surface area contributed by atoms with Crippen LogP contribution in [-0.2, 0) is 6.42 Å². The number of thiophene rings is 1. The predicted molar refractivity (Wildman–Crippen MR) is 93.0 cm³/mol. The number of hydrogen-bond donors (Lipinski definition) is 1. The van der Waals surface area contributed by atoms with Crippen LogP contribution in [0.25, 0.3) is 0 Å². The molecule has 1 aromatic heterocycles. The van der Waals surface area contributed by atoms with E-state index in [1.807, 2.05) is 11.3 Å². The largest absolute Gasteiger partial charge is 0.313 e. The maximum Gasteiger partial charge on any atom is 0.0704 e. The molecule has 4 unspecified atom stereocenters. The van der Waals surface area contributed by atoms with Gasteiger partial charge in [0.15, 0.2) is 0 Å². The van der Waals surface area contributed by atoms with Gasteiger partial charge in [-0.2, -0.15) is 0 Å². The number of halogens is 1. The van der Waals surface area contributed by atoms with Crippen LogP contribution >= 0.6 is 27.3 Å². The second kappa shape index (κ2) is 5.22. The molecule has 21 heavy (non-hydrogen) atoms. The van der Waals surface area contributed by atoms with Gasteiger partial charge in [0.2, 0.25) is 0 Å². The number of hydrogen-bond acceptors (Lipinski definition) is 2. The van der Waals surface area contributed by atoms with Crippen LogP contribution in [-0.4, -0.2) is 7.05 Å². The molecule has 4 atom stereocenters. The molecule has 1 nitrogen and oxygen atoms in total. The van der Waals surface area contributed by atoms with Crippen molar-refractivity contribution in [3.8, 4) is 0 Å². The summed E-state index contributed by atoms with van der Waals surface area (Å²) in [4.78, 5) is 1.44. The molecule has 2 aromatic rings. The lowest BCUT2D eigenvalue weighted by molar-refractivity contribution is 0.484. The first-order valence-corrected chi connectivity index (χ1v) is 9.32. The predicted octanol–water partition coefficient (Wildman–Crippen LogP) is 5.06. The Labute approximate surface area is 138 Å². The fourth-order valence-corrected chi connectivity index (χ4v) is 6.15. The lowest BCUT2D eigenvalue weighted by Gasteiger charge is -2.17. The summed E-state index contributed by atoms with van der Waals surface area (Å²) >= 11 is 5.50. The highest BCUT2D eigenvalue weighted by molar-refractivity contribution is 9.11. The maximum atomic E-state index is 3.64. The zero-order chi connectivity index (χ0) is 14.6. The Morgan fingerprint density at radius 1 is 1.33 bits per heavy atom. The van der Waals surface area contributed by atoms with Crippen molar-refractivity contribution in [2.45, 2.75) is 31.7 Å². The van der Waals surface area contributed by atoms with E-state index in [9.17, 15) is 0 Å². The maximum absolute atomic E-state index is 3.64. The molecular formula is C18H20BrNS. The molecule has 0 spiro atoms. The van der Waals surface area contributed by atoms with Gasteiger partial charge < -0.3 is 5.32 Å². The van der Waals surface area contributed by atoms with Gasteiger partial charge in [0.05, 0.1) is 3.79 Å². The molecule has 0 amide bonds. The SMILES string of the molecule is CNC(c1cc(Br)sc1C)C1C2CCc3ccccc3C21. The smallest absolute Gasteiger partial charge is 0.0704 e. The molecule has 2 aliphatic rings. The Morgan fingerprint density at radius 3 is 2.86 bits per heavy atom. The third-order valence-electron chi connectivity index (χ3n) is 5.35. The Balaban J connectivity index is 1.68. The number of nitrogens with one attached hydrogen (secondary N) is 1. The van der Waals surface area contributed by atoms with Crippen molar-refractivity contribution in [3.63, 3.8) is 0 Å². The van der Waals surface area contributed by atoms with Crippen LogP contribution in [0.5, 0.6) is 0 Å². The van der Waals surface area contributed by atoms with Gasteiger partial charge >= 0.3 is 0 Å². The van der Waals surface area contributed by atoms with Gasteiger partial charge in [-0.15, -0.1) is 11.3 Å². The fraction of sp³-hybridized carbons (Fsp3) is 0.444. The lowest BCUT2D eigenvalue weighted by Crippen LogP contribution is -2.19. The van der Waals surface area contributed by atoms with Crippen molar-refractivity contribution in [2.24, 2.45) is 11.8 Å². The summed E-state index contributed by atoms with van der Waals surface area (Å²) in [5.41, 5.74) is 4.69. The van der Waals surface area contributed by atoms with Gasteiger partial charge in [0, 0.05) is 10.9 Å². The third-order valence-corrected chi connectivity index (χ3v) is 6.92. The molecule has 0 aliphatic heterocycles. The van der Waals surface area contributed by atoms with Crippen molar-refractivity contribution in [2.75, 3.05) is 7.05 Å². The monoisotopic (exact) mass is 361 g/mol. The van der Waals surface area contributed by atoms with Gasteiger partial charge in [-0.25, -0.2) is 0 Å². The van der Waals surface area contributed by atoms with Crippen LogP contribution in [0, 0.1) is 18.8 Å². The van der Waals surface area contributed by atoms with Crippen LogP contribution in [0.1, 0.15) is 39.9 Å². The zero-order valence-electron chi connectivity index (χ0n) is 12.4. The molecule has 4 rings (SSSR count). The van der Waals surface area contributed by atoms with Crippen molar-refractivity contribution in [3.05, 3.63) is 55.7 Å². The molecule has 110 valence electrons. The second-order valence-electron chi connectivity index (χ2n) is 6.33. The van der Waals surface area contributed by atoms with Crippen LogP contribution in [0.4, 0.5) is 0 Å². The Kier molecular flexibility index (Phi) is 3.48. The summed E-state index contributed by atoms with van der Waals surface area (Å²) in [7, 11) is 2.12. The van der Waals surface area contributed by atoms with Gasteiger partial charge in [0.25, 0.3) is 0 Å². The van der Waals surface area contributed by atoms with E-state index in [0.29, 0.717) is 6.04 Å². The number of aryl methyl sites for hydroxylation is 2. The van der Waals surface area contributed by atoms with Gasteiger partial charge in [-0.3, -0.25) is 0 Å². The lowest BCUT2D eigenvalue weighted by atomic mass is 9.92. The standard InChI is InChI=1S/C18H20BrNS/c1-10-14(9-15(19)21-10)18(20-2)17-13-8-7-11-5-3-4-6-12(11)16(13)17/h3-6,9,13,16-18,20H,7-8H2,1-2H3. The number of benzene rings is 1. The first kappa shape index (κ1) is 14.0. The minimum Gasteiger partial charge on any atom is -0.313 e. The molecule has 0 radical (unpaired) electrons. The number of fused-ring (bicyclic) bond motifs is 3. The van der Waals surface area contributed by atoms with Crippen molar-refractivity contribution in [1.82, 2.24) is 5.32 Å². The van der Waals surface area contributed by atoms with Gasteiger partial charge in [-0.1, -0.05) is 24.3 Å². The highest BCUT2D eigenvalue weighted by Crippen LogP contribution is 2.64. The molecule has 1 N–H and O–H groups in total. The summed E-state index contributed by atoms with van der Waals surface area (Å²) in [6.07, 6.45) is 2.62. The molecule has 2 aliphatic carbocycles. The summed E-state index contributed by atoms with van der Waals surface area (Å²) < 4.78 is 1.25. The summed E-state index contributed by atoms with van der Waals surface area (Å²) in [5.74, 6) is 2.40. The molecule has 0 bridgehead atoms. The molecule has 1 heterocycles. The van der Waals surface area contributed by atoms with E-state index in [-0.39, 0.29) is 0 Å². The minimum atomic E-state index is 0.494. The van der Waals surface area contributed by atoms with E-state index in [1.54, 1.807) is 11.1 Å². The van der Waals surface area contributed by atoms with Crippen LogP contribution in [0.2, 0.25) is 0 Å². The van der Waals surface area contributed by atoms with E-state index in [1.165, 1.54) is 27.1 Å². The highest BCUT2D eigenvalue weighted by atomic mass is 79.9. The zero-order valence-corrected chi connectivity index (χ0v) is 14.8. The summed E-state index contributed by atoms with van der Waals surface area (Å²) in [6.45, 7) is 2.25. The summed E-state index contributed by atoms with van der Waals surface area (Å²) in [5, 5.41) is 3.61. The summed E-state index contributed by atoms with van der Waals surface area (Å²) in [6, 6.07) is 11.9. The topological polar surface area (TPSA) is 12.0 Å². The van der Waals surface area contributed by atoms with Crippen LogP contribution in [0.15, 0.2) is 34.1 Å². The quantitative estimate of drug-likeness (QED) is 0.805. The van der Waals surface area contributed by atoms with Gasteiger partial charge in [-0.05, 0) is 83.3 Å². The number of rotatable bonds is 3. The fourth-order valence-electron chi connectivity index (χ4n) is 4.40. The second-order valence-corrected chi connectivity index (χ2v) is 8.97. The van der Waals surface area contributed by atoms with E-state index in [4.69, 9.17) is 0 Å². The Bertz CT molecular complexity index is 678. The Hall–Kier alpha value is -0.640.